The third-order valence-corrected chi connectivity index (χ3v) is 2.96. The van der Waals surface area contributed by atoms with Gasteiger partial charge < -0.3 is 9.64 Å². The number of rotatable bonds is 5. The summed E-state index contributed by atoms with van der Waals surface area (Å²) in [6.45, 7) is 6.59. The molecule has 0 unspecified atom stereocenters. The third-order valence-electron chi connectivity index (χ3n) is 2.37. The van der Waals surface area contributed by atoms with Crippen molar-refractivity contribution in [3.05, 3.63) is 23.9 Å². The van der Waals surface area contributed by atoms with E-state index in [2.05, 4.69) is 4.98 Å². The van der Waals surface area contributed by atoms with Crippen LogP contribution >= 0.6 is 11.8 Å². The standard InChI is InChI=1S/C14H22N2O2S/c1-14(2,3)18-12-10-11(6-7-15-12)13(17)16(4)8-9-19-5/h6-7,10H,8-9H2,1-5H3. The number of hydrogen-bond donors (Lipinski definition) is 0. The highest BCUT2D eigenvalue weighted by molar-refractivity contribution is 7.98. The van der Waals surface area contributed by atoms with Crippen molar-refractivity contribution in [2.24, 2.45) is 0 Å². The lowest BCUT2D eigenvalue weighted by molar-refractivity contribution is 0.0800. The fraction of sp³-hybridized carbons (Fsp3) is 0.571. The van der Waals surface area contributed by atoms with Gasteiger partial charge in [-0.2, -0.15) is 11.8 Å². The van der Waals surface area contributed by atoms with Gasteiger partial charge in [-0.05, 0) is 33.1 Å². The van der Waals surface area contributed by atoms with Gasteiger partial charge in [-0.1, -0.05) is 0 Å². The summed E-state index contributed by atoms with van der Waals surface area (Å²) in [4.78, 5) is 18.0. The van der Waals surface area contributed by atoms with Gasteiger partial charge in [-0.25, -0.2) is 4.98 Å². The zero-order valence-corrected chi connectivity index (χ0v) is 13.1. The fourth-order valence-electron chi connectivity index (χ4n) is 1.46. The first-order chi connectivity index (χ1) is 8.83. The summed E-state index contributed by atoms with van der Waals surface area (Å²) < 4.78 is 5.67. The normalized spacial score (nSPS) is 11.2. The summed E-state index contributed by atoms with van der Waals surface area (Å²) in [6.07, 6.45) is 3.64. The summed E-state index contributed by atoms with van der Waals surface area (Å²) in [7, 11) is 1.81. The second kappa shape index (κ2) is 6.80. The number of ether oxygens (including phenoxy) is 1. The number of nitrogens with zero attached hydrogens (tertiary/aromatic N) is 2. The molecular weight excluding hydrogens is 260 g/mol. The first kappa shape index (κ1) is 15.8. The molecule has 0 aliphatic carbocycles. The molecule has 0 N–H and O–H groups in total. The van der Waals surface area contributed by atoms with E-state index in [1.165, 1.54) is 0 Å². The van der Waals surface area contributed by atoms with Crippen LogP contribution in [0.25, 0.3) is 0 Å². The summed E-state index contributed by atoms with van der Waals surface area (Å²) >= 11 is 1.72. The Hall–Kier alpha value is -1.23. The molecule has 5 heteroatoms. The summed E-state index contributed by atoms with van der Waals surface area (Å²) in [5.41, 5.74) is 0.289. The summed E-state index contributed by atoms with van der Waals surface area (Å²) in [6, 6.07) is 3.41. The first-order valence-corrected chi connectivity index (χ1v) is 7.62. The Balaban J connectivity index is 2.78. The maximum absolute atomic E-state index is 12.2. The van der Waals surface area contributed by atoms with Gasteiger partial charge in [-0.3, -0.25) is 4.79 Å². The minimum absolute atomic E-state index is 0.00444. The number of thioether (sulfide) groups is 1. The van der Waals surface area contributed by atoms with E-state index in [9.17, 15) is 4.79 Å². The highest BCUT2D eigenvalue weighted by Crippen LogP contribution is 2.17. The minimum Gasteiger partial charge on any atom is -0.472 e. The Labute approximate surface area is 119 Å². The van der Waals surface area contributed by atoms with E-state index in [-0.39, 0.29) is 11.5 Å². The zero-order chi connectivity index (χ0) is 14.5. The van der Waals surface area contributed by atoms with Gasteiger partial charge >= 0.3 is 0 Å². The molecule has 1 aromatic rings. The van der Waals surface area contributed by atoms with Crippen LogP contribution in [0.5, 0.6) is 5.88 Å². The van der Waals surface area contributed by atoms with Crippen molar-refractivity contribution in [3.63, 3.8) is 0 Å². The van der Waals surface area contributed by atoms with Crippen molar-refractivity contribution < 1.29 is 9.53 Å². The zero-order valence-electron chi connectivity index (χ0n) is 12.3. The minimum atomic E-state index is -0.320. The van der Waals surface area contributed by atoms with Gasteiger partial charge in [0.15, 0.2) is 0 Å². The largest absolute Gasteiger partial charge is 0.472 e. The SMILES string of the molecule is CSCCN(C)C(=O)c1ccnc(OC(C)(C)C)c1. The molecule has 0 fully saturated rings. The van der Waals surface area contributed by atoms with Crippen LogP contribution in [0.15, 0.2) is 18.3 Å². The van der Waals surface area contributed by atoms with Crippen molar-refractivity contribution in [3.8, 4) is 5.88 Å². The molecule has 0 radical (unpaired) electrons. The van der Waals surface area contributed by atoms with Crippen LogP contribution < -0.4 is 4.74 Å². The monoisotopic (exact) mass is 282 g/mol. The van der Waals surface area contributed by atoms with E-state index in [0.717, 1.165) is 12.3 Å². The Morgan fingerprint density at radius 1 is 1.47 bits per heavy atom. The van der Waals surface area contributed by atoms with Crippen LogP contribution in [-0.4, -0.2) is 47.0 Å². The van der Waals surface area contributed by atoms with Gasteiger partial charge in [0, 0.05) is 37.2 Å². The number of hydrogen-bond acceptors (Lipinski definition) is 4. The molecule has 0 bridgehead atoms. The van der Waals surface area contributed by atoms with Crippen molar-refractivity contribution in [1.29, 1.82) is 0 Å². The Bertz CT molecular complexity index is 430. The molecule has 0 atom stereocenters. The van der Waals surface area contributed by atoms with E-state index in [1.54, 1.807) is 35.0 Å². The molecule has 1 rings (SSSR count). The van der Waals surface area contributed by atoms with Crippen LogP contribution in [0.1, 0.15) is 31.1 Å². The molecule has 0 aliphatic heterocycles. The molecular formula is C14H22N2O2S. The molecule has 4 nitrogen and oxygen atoms in total. The quantitative estimate of drug-likeness (QED) is 0.833. The summed E-state index contributed by atoms with van der Waals surface area (Å²) in [5, 5.41) is 0. The molecule has 1 aromatic heterocycles. The van der Waals surface area contributed by atoms with Crippen LogP contribution in [-0.2, 0) is 0 Å². The Kier molecular flexibility index (Phi) is 5.66. The highest BCUT2D eigenvalue weighted by Gasteiger charge is 2.16. The number of aromatic nitrogens is 1. The Morgan fingerprint density at radius 2 is 2.16 bits per heavy atom. The van der Waals surface area contributed by atoms with Crippen molar-refractivity contribution in [1.82, 2.24) is 9.88 Å². The second-order valence-electron chi connectivity index (χ2n) is 5.32. The molecule has 0 saturated carbocycles. The van der Waals surface area contributed by atoms with Crippen molar-refractivity contribution in [2.45, 2.75) is 26.4 Å². The highest BCUT2D eigenvalue weighted by atomic mass is 32.2. The number of amides is 1. The molecule has 0 spiro atoms. The second-order valence-corrected chi connectivity index (χ2v) is 6.30. The molecule has 1 heterocycles. The van der Waals surface area contributed by atoms with Crippen molar-refractivity contribution >= 4 is 17.7 Å². The van der Waals surface area contributed by atoms with E-state index in [0.29, 0.717) is 11.4 Å². The molecule has 106 valence electrons. The summed E-state index contributed by atoms with van der Waals surface area (Å²) in [5.74, 6) is 1.41. The lowest BCUT2D eigenvalue weighted by Gasteiger charge is -2.21. The van der Waals surface area contributed by atoms with Gasteiger partial charge in [0.05, 0.1) is 0 Å². The number of pyridine rings is 1. The average Bonchev–Trinajstić information content (AvgIpc) is 2.33. The first-order valence-electron chi connectivity index (χ1n) is 6.23. The topological polar surface area (TPSA) is 42.4 Å². The molecule has 1 amide bonds. The predicted octanol–water partition coefficient (Wildman–Crippen LogP) is 2.69. The Morgan fingerprint density at radius 3 is 2.74 bits per heavy atom. The van der Waals surface area contributed by atoms with Gasteiger partial charge in [0.1, 0.15) is 5.60 Å². The van der Waals surface area contributed by atoms with Crippen LogP contribution in [0.4, 0.5) is 0 Å². The van der Waals surface area contributed by atoms with Crippen molar-refractivity contribution in [2.75, 3.05) is 25.6 Å². The van der Waals surface area contributed by atoms with Crippen LogP contribution in [0.2, 0.25) is 0 Å². The predicted molar refractivity (Wildman–Crippen MR) is 80.0 cm³/mol. The molecule has 0 aromatic carbocycles. The van der Waals surface area contributed by atoms with E-state index >= 15 is 0 Å². The van der Waals surface area contributed by atoms with Gasteiger partial charge in [0.2, 0.25) is 5.88 Å². The van der Waals surface area contributed by atoms with Gasteiger partial charge in [0.25, 0.3) is 5.91 Å². The third kappa shape index (κ3) is 5.51. The fourth-order valence-corrected chi connectivity index (χ4v) is 1.92. The van der Waals surface area contributed by atoms with Crippen LogP contribution in [0.3, 0.4) is 0 Å². The van der Waals surface area contributed by atoms with E-state index < -0.39 is 0 Å². The smallest absolute Gasteiger partial charge is 0.253 e. The molecule has 19 heavy (non-hydrogen) atoms. The molecule has 0 aliphatic rings. The maximum Gasteiger partial charge on any atom is 0.253 e. The van der Waals surface area contributed by atoms with Gasteiger partial charge in [-0.15, -0.1) is 0 Å². The average molecular weight is 282 g/mol. The number of carbonyl (C=O) groups excluding carboxylic acids is 1. The van der Waals surface area contributed by atoms with E-state index in [1.807, 2.05) is 34.1 Å². The number of carbonyl (C=O) groups is 1. The lowest BCUT2D eigenvalue weighted by atomic mass is 10.2. The van der Waals surface area contributed by atoms with Crippen LogP contribution in [0, 0.1) is 0 Å². The lowest BCUT2D eigenvalue weighted by Crippen LogP contribution is -2.29. The maximum atomic E-state index is 12.2. The molecule has 0 saturated heterocycles. The van der Waals surface area contributed by atoms with E-state index in [4.69, 9.17) is 4.74 Å².